The van der Waals surface area contributed by atoms with Crippen LogP contribution in [0.15, 0.2) is 53.0 Å². The predicted molar refractivity (Wildman–Crippen MR) is 75.8 cm³/mol. The van der Waals surface area contributed by atoms with E-state index in [2.05, 4.69) is 15.9 Å². The molecule has 0 aliphatic rings. The zero-order valence-corrected chi connectivity index (χ0v) is 11.7. The van der Waals surface area contributed by atoms with Gasteiger partial charge in [-0.05, 0) is 40.5 Å². The van der Waals surface area contributed by atoms with Gasteiger partial charge in [-0.25, -0.2) is 0 Å². The molecule has 18 heavy (non-hydrogen) atoms. The molecule has 94 valence electrons. The van der Waals surface area contributed by atoms with E-state index in [0.717, 1.165) is 21.3 Å². The molecule has 0 saturated heterocycles. The summed E-state index contributed by atoms with van der Waals surface area (Å²) in [6.45, 7) is 2.25. The molecule has 0 heterocycles. The Morgan fingerprint density at radius 2 is 1.94 bits per heavy atom. The van der Waals surface area contributed by atoms with E-state index in [1.165, 1.54) is 0 Å². The lowest BCUT2D eigenvalue weighted by Gasteiger charge is -2.14. The molecule has 2 aromatic carbocycles. The van der Waals surface area contributed by atoms with E-state index in [4.69, 9.17) is 4.74 Å². The first-order valence-corrected chi connectivity index (χ1v) is 6.58. The molecule has 0 aliphatic heterocycles. The molecular formula is C15H15BrO2. The molecule has 2 nitrogen and oxygen atoms in total. The number of halogens is 1. The number of para-hydroxylation sites is 1. The third kappa shape index (κ3) is 3.34. The van der Waals surface area contributed by atoms with Crippen LogP contribution in [0.4, 0.5) is 0 Å². The lowest BCUT2D eigenvalue weighted by atomic mass is 10.1. The molecule has 2 rings (SSSR count). The van der Waals surface area contributed by atoms with Crippen molar-refractivity contribution >= 4 is 15.9 Å². The van der Waals surface area contributed by atoms with Gasteiger partial charge in [-0.3, -0.25) is 0 Å². The average Bonchev–Trinajstić information content (AvgIpc) is 2.37. The summed E-state index contributed by atoms with van der Waals surface area (Å²) >= 11 is 3.41. The van der Waals surface area contributed by atoms with Crippen LogP contribution in [0.2, 0.25) is 0 Å². The summed E-state index contributed by atoms with van der Waals surface area (Å²) in [4.78, 5) is 0. The van der Waals surface area contributed by atoms with Gasteiger partial charge >= 0.3 is 0 Å². The standard InChI is InChI=1S/C15H15BrO2/c1-11-5-4-6-12(9-11)14(17)10-18-15-8-3-2-7-13(15)16/h2-9,14,17H,10H2,1H3. The molecule has 0 aromatic heterocycles. The van der Waals surface area contributed by atoms with Gasteiger partial charge in [0.25, 0.3) is 0 Å². The maximum absolute atomic E-state index is 10.1. The Bertz CT molecular complexity index is 525. The van der Waals surface area contributed by atoms with Crippen molar-refractivity contribution in [3.05, 3.63) is 64.1 Å². The maximum atomic E-state index is 10.1. The fraction of sp³-hybridized carbons (Fsp3) is 0.200. The number of aliphatic hydroxyl groups excluding tert-OH is 1. The quantitative estimate of drug-likeness (QED) is 0.929. The summed E-state index contributed by atoms with van der Waals surface area (Å²) in [5, 5.41) is 10.1. The minimum atomic E-state index is -0.614. The second-order valence-corrected chi connectivity index (χ2v) is 5.03. The molecular weight excluding hydrogens is 292 g/mol. The van der Waals surface area contributed by atoms with E-state index in [1.807, 2.05) is 55.5 Å². The van der Waals surface area contributed by atoms with Crippen LogP contribution in [0, 0.1) is 6.92 Å². The number of ether oxygens (including phenoxy) is 1. The highest BCUT2D eigenvalue weighted by Gasteiger charge is 2.09. The Morgan fingerprint density at radius 1 is 1.17 bits per heavy atom. The lowest BCUT2D eigenvalue weighted by molar-refractivity contribution is 0.108. The van der Waals surface area contributed by atoms with Crippen LogP contribution in [0.3, 0.4) is 0 Å². The first-order valence-electron chi connectivity index (χ1n) is 5.79. The molecule has 3 heteroatoms. The van der Waals surface area contributed by atoms with Gasteiger partial charge in [-0.15, -0.1) is 0 Å². The number of aliphatic hydroxyl groups is 1. The van der Waals surface area contributed by atoms with Gasteiger partial charge in [0.15, 0.2) is 0 Å². The molecule has 0 fully saturated rings. The van der Waals surface area contributed by atoms with Gasteiger partial charge in [0, 0.05) is 0 Å². The maximum Gasteiger partial charge on any atom is 0.133 e. The fourth-order valence-corrected chi connectivity index (χ4v) is 2.10. The molecule has 0 bridgehead atoms. The first kappa shape index (κ1) is 13.1. The summed E-state index contributed by atoms with van der Waals surface area (Å²) in [7, 11) is 0. The summed E-state index contributed by atoms with van der Waals surface area (Å²) in [5.74, 6) is 0.740. The number of aryl methyl sites for hydroxylation is 1. The SMILES string of the molecule is Cc1cccc(C(O)COc2ccccc2Br)c1. The van der Waals surface area contributed by atoms with E-state index in [9.17, 15) is 5.11 Å². The van der Waals surface area contributed by atoms with Crippen molar-refractivity contribution in [3.63, 3.8) is 0 Å². The normalized spacial score (nSPS) is 12.2. The molecule has 1 unspecified atom stereocenters. The third-order valence-electron chi connectivity index (χ3n) is 2.66. The highest BCUT2D eigenvalue weighted by atomic mass is 79.9. The van der Waals surface area contributed by atoms with E-state index in [0.29, 0.717) is 0 Å². The Morgan fingerprint density at radius 3 is 2.67 bits per heavy atom. The highest BCUT2D eigenvalue weighted by Crippen LogP contribution is 2.25. The van der Waals surface area contributed by atoms with Crippen LogP contribution in [-0.4, -0.2) is 11.7 Å². The average molecular weight is 307 g/mol. The Kier molecular flexibility index (Phi) is 4.39. The monoisotopic (exact) mass is 306 g/mol. The summed E-state index contributed by atoms with van der Waals surface area (Å²) < 4.78 is 6.49. The van der Waals surface area contributed by atoms with Crippen molar-refractivity contribution in [1.82, 2.24) is 0 Å². The fourth-order valence-electron chi connectivity index (χ4n) is 1.70. The number of hydrogen-bond acceptors (Lipinski definition) is 2. The summed E-state index contributed by atoms with van der Waals surface area (Å²) in [6, 6.07) is 15.4. The van der Waals surface area contributed by atoms with Crippen LogP contribution >= 0.6 is 15.9 Å². The van der Waals surface area contributed by atoms with Gasteiger partial charge in [0.2, 0.25) is 0 Å². The van der Waals surface area contributed by atoms with Crippen molar-refractivity contribution in [2.45, 2.75) is 13.0 Å². The molecule has 0 aliphatic carbocycles. The molecule has 1 atom stereocenters. The van der Waals surface area contributed by atoms with E-state index >= 15 is 0 Å². The van der Waals surface area contributed by atoms with Crippen LogP contribution in [0.1, 0.15) is 17.2 Å². The molecule has 2 aromatic rings. The number of rotatable bonds is 4. The molecule has 0 saturated carbocycles. The van der Waals surface area contributed by atoms with Crippen molar-refractivity contribution in [2.75, 3.05) is 6.61 Å². The van der Waals surface area contributed by atoms with Crippen LogP contribution < -0.4 is 4.74 Å². The van der Waals surface area contributed by atoms with Gasteiger partial charge in [0.1, 0.15) is 18.5 Å². The molecule has 0 spiro atoms. The summed E-state index contributed by atoms with van der Waals surface area (Å²) in [6.07, 6.45) is -0.614. The van der Waals surface area contributed by atoms with Gasteiger partial charge in [0.05, 0.1) is 4.47 Å². The van der Waals surface area contributed by atoms with Gasteiger partial charge in [-0.1, -0.05) is 42.0 Å². The van der Waals surface area contributed by atoms with Crippen molar-refractivity contribution < 1.29 is 9.84 Å². The number of hydrogen-bond donors (Lipinski definition) is 1. The topological polar surface area (TPSA) is 29.5 Å². The van der Waals surface area contributed by atoms with E-state index < -0.39 is 6.10 Å². The van der Waals surface area contributed by atoms with Crippen LogP contribution in [-0.2, 0) is 0 Å². The van der Waals surface area contributed by atoms with Gasteiger partial charge in [-0.2, -0.15) is 0 Å². The largest absolute Gasteiger partial charge is 0.489 e. The third-order valence-corrected chi connectivity index (χ3v) is 3.32. The molecule has 0 amide bonds. The van der Waals surface area contributed by atoms with Crippen molar-refractivity contribution in [2.24, 2.45) is 0 Å². The Hall–Kier alpha value is -1.32. The molecule has 1 N–H and O–H groups in total. The highest BCUT2D eigenvalue weighted by molar-refractivity contribution is 9.10. The second-order valence-electron chi connectivity index (χ2n) is 4.17. The van der Waals surface area contributed by atoms with E-state index in [-0.39, 0.29) is 6.61 Å². The zero-order valence-electron chi connectivity index (χ0n) is 10.1. The van der Waals surface area contributed by atoms with Crippen LogP contribution in [0.25, 0.3) is 0 Å². The minimum Gasteiger partial charge on any atom is -0.489 e. The second kappa shape index (κ2) is 6.03. The van der Waals surface area contributed by atoms with Crippen LogP contribution in [0.5, 0.6) is 5.75 Å². The summed E-state index contributed by atoms with van der Waals surface area (Å²) in [5.41, 5.74) is 2.01. The van der Waals surface area contributed by atoms with Gasteiger partial charge < -0.3 is 9.84 Å². The van der Waals surface area contributed by atoms with E-state index in [1.54, 1.807) is 0 Å². The number of benzene rings is 2. The zero-order chi connectivity index (χ0) is 13.0. The van der Waals surface area contributed by atoms with Crippen molar-refractivity contribution in [3.8, 4) is 5.75 Å². The Balaban J connectivity index is 2.00. The first-order chi connectivity index (χ1) is 8.66. The Labute approximate surface area is 115 Å². The lowest BCUT2D eigenvalue weighted by Crippen LogP contribution is -2.10. The minimum absolute atomic E-state index is 0.242. The smallest absolute Gasteiger partial charge is 0.133 e. The van der Waals surface area contributed by atoms with Crippen molar-refractivity contribution in [1.29, 1.82) is 0 Å². The molecule has 0 radical (unpaired) electrons. The predicted octanol–water partition coefficient (Wildman–Crippen LogP) is 3.87.